The molecule has 156 valence electrons. The molecule has 0 saturated heterocycles. The highest BCUT2D eigenvalue weighted by molar-refractivity contribution is 6.30. The number of carbonyl (C=O) groups excluding carboxylic acids is 2. The van der Waals surface area contributed by atoms with Crippen LogP contribution in [-0.2, 0) is 4.79 Å². The molecule has 2 aliphatic carbocycles. The summed E-state index contributed by atoms with van der Waals surface area (Å²) in [6, 6.07) is 1.78. The van der Waals surface area contributed by atoms with Gasteiger partial charge in [0.2, 0.25) is 5.91 Å². The second kappa shape index (κ2) is 9.96. The predicted molar refractivity (Wildman–Crippen MR) is 106 cm³/mol. The van der Waals surface area contributed by atoms with Crippen LogP contribution in [0.2, 0.25) is 5.02 Å². The van der Waals surface area contributed by atoms with Crippen molar-refractivity contribution >= 4 is 23.8 Å². The van der Waals surface area contributed by atoms with Gasteiger partial charge in [0.25, 0.3) is 0 Å². The Morgan fingerprint density at radius 3 is 2.45 bits per heavy atom. The summed E-state index contributed by atoms with van der Waals surface area (Å²) in [4.78, 5) is 22.1. The molecule has 2 aromatic rings. The number of amides is 1. The normalized spacial score (nSPS) is 17.8. The molecule has 5 nitrogen and oxygen atoms in total. The summed E-state index contributed by atoms with van der Waals surface area (Å²) in [5.74, 6) is -1.39. The molecule has 0 spiro atoms. The van der Waals surface area contributed by atoms with Crippen LogP contribution in [0.25, 0.3) is 0 Å². The minimum atomic E-state index is -0.743. The minimum Gasteiger partial charge on any atom is -0.349 e. The molecule has 0 aliphatic heterocycles. The zero-order valence-electron chi connectivity index (χ0n) is 16.0. The van der Waals surface area contributed by atoms with Crippen molar-refractivity contribution in [1.82, 2.24) is 15.5 Å². The molecule has 0 bridgehead atoms. The van der Waals surface area contributed by atoms with Gasteiger partial charge in [0.15, 0.2) is 6.29 Å². The number of hydrogen-bond donors (Lipinski definition) is 2. The summed E-state index contributed by atoms with van der Waals surface area (Å²) < 4.78 is 28.6. The van der Waals surface area contributed by atoms with Crippen LogP contribution in [0.5, 0.6) is 0 Å². The van der Waals surface area contributed by atoms with E-state index in [1.807, 2.05) is 0 Å². The summed E-state index contributed by atoms with van der Waals surface area (Å²) in [5.41, 5.74) is 0.507. The van der Waals surface area contributed by atoms with Crippen molar-refractivity contribution in [1.29, 1.82) is 0 Å². The third kappa shape index (κ3) is 5.21. The maximum absolute atomic E-state index is 14.4. The van der Waals surface area contributed by atoms with Crippen LogP contribution in [0.15, 0.2) is 24.5 Å². The van der Waals surface area contributed by atoms with Gasteiger partial charge in [-0.25, -0.2) is 8.78 Å². The monoisotopic (exact) mass is 423 g/mol. The number of nitrogens with zero attached hydrogens (tertiary/aromatic N) is 1. The molecule has 1 amide bonds. The van der Waals surface area contributed by atoms with E-state index in [1.54, 1.807) is 0 Å². The summed E-state index contributed by atoms with van der Waals surface area (Å²) in [5, 5.41) is 8.84. The lowest BCUT2D eigenvalue weighted by Crippen LogP contribution is -2.40. The van der Waals surface area contributed by atoms with Gasteiger partial charge in [-0.3, -0.25) is 14.7 Å². The number of aldehydes is 1. The van der Waals surface area contributed by atoms with Crippen molar-refractivity contribution in [3.05, 3.63) is 52.3 Å². The molecule has 0 radical (unpaired) electrons. The van der Waals surface area contributed by atoms with Gasteiger partial charge in [-0.1, -0.05) is 30.9 Å². The quantitative estimate of drug-likeness (QED) is 0.525. The molecule has 2 aliphatic rings. The summed E-state index contributed by atoms with van der Waals surface area (Å²) in [6.07, 6.45) is 10.3. The van der Waals surface area contributed by atoms with Gasteiger partial charge in [-0.2, -0.15) is 5.10 Å². The maximum atomic E-state index is 14.4. The Kier molecular flexibility index (Phi) is 7.36. The van der Waals surface area contributed by atoms with Crippen LogP contribution in [-0.4, -0.2) is 22.4 Å². The number of benzene rings is 1. The molecule has 4 rings (SSSR count). The van der Waals surface area contributed by atoms with Gasteiger partial charge in [0, 0.05) is 17.7 Å². The van der Waals surface area contributed by atoms with Crippen molar-refractivity contribution in [2.24, 2.45) is 11.8 Å². The number of rotatable bonds is 5. The van der Waals surface area contributed by atoms with Gasteiger partial charge in [0.1, 0.15) is 11.6 Å². The molecule has 1 atom stereocenters. The lowest BCUT2D eigenvalue weighted by molar-refractivity contribution is -0.128. The Hall–Kier alpha value is -2.28. The van der Waals surface area contributed by atoms with Gasteiger partial charge in [-0.05, 0) is 43.7 Å². The van der Waals surface area contributed by atoms with Gasteiger partial charge in [-0.15, -0.1) is 0 Å². The first kappa shape index (κ1) is 21.4. The van der Waals surface area contributed by atoms with Crippen molar-refractivity contribution in [2.75, 3.05) is 0 Å². The molecule has 2 saturated carbocycles. The highest BCUT2D eigenvalue weighted by atomic mass is 35.5. The highest BCUT2D eigenvalue weighted by Crippen LogP contribution is 2.39. The SMILES string of the molecule is O=C(NC(c1c(F)ccc(Cl)c1F)C1CCCC1)C1CCC1.O=Cc1cn[nH]c1. The smallest absolute Gasteiger partial charge is 0.223 e. The number of hydrogen-bond acceptors (Lipinski definition) is 3. The van der Waals surface area contributed by atoms with Crippen LogP contribution in [0.1, 0.15) is 66.9 Å². The second-order valence-electron chi connectivity index (χ2n) is 7.56. The van der Waals surface area contributed by atoms with Crippen molar-refractivity contribution in [3.8, 4) is 0 Å². The Bertz CT molecular complexity index is 835. The van der Waals surface area contributed by atoms with E-state index in [-0.39, 0.29) is 28.3 Å². The number of aromatic amines is 1. The van der Waals surface area contributed by atoms with Crippen LogP contribution >= 0.6 is 11.6 Å². The Labute approximate surface area is 173 Å². The Morgan fingerprint density at radius 2 is 1.93 bits per heavy atom. The Morgan fingerprint density at radius 1 is 1.21 bits per heavy atom. The molecule has 29 heavy (non-hydrogen) atoms. The van der Waals surface area contributed by atoms with E-state index in [0.29, 0.717) is 5.56 Å². The van der Waals surface area contributed by atoms with Gasteiger partial charge >= 0.3 is 0 Å². The van der Waals surface area contributed by atoms with E-state index in [2.05, 4.69) is 15.5 Å². The van der Waals surface area contributed by atoms with Crippen LogP contribution in [0.4, 0.5) is 8.78 Å². The first-order valence-corrected chi connectivity index (χ1v) is 10.3. The van der Waals surface area contributed by atoms with E-state index in [9.17, 15) is 18.4 Å². The van der Waals surface area contributed by atoms with E-state index < -0.39 is 17.7 Å². The number of nitrogens with one attached hydrogen (secondary N) is 2. The predicted octanol–water partition coefficient (Wildman–Crippen LogP) is 4.99. The number of aromatic nitrogens is 2. The molecule has 2 fully saturated rings. The molecular weight excluding hydrogens is 400 g/mol. The Balaban J connectivity index is 0.000000290. The average Bonchev–Trinajstić information content (AvgIpc) is 3.37. The molecule has 1 aromatic carbocycles. The van der Waals surface area contributed by atoms with Gasteiger partial charge < -0.3 is 5.32 Å². The van der Waals surface area contributed by atoms with E-state index in [0.717, 1.165) is 51.2 Å². The maximum Gasteiger partial charge on any atom is 0.223 e. The molecule has 2 N–H and O–H groups in total. The molecule has 1 unspecified atom stereocenters. The summed E-state index contributed by atoms with van der Waals surface area (Å²) in [6.45, 7) is 0. The number of H-pyrrole nitrogens is 1. The average molecular weight is 424 g/mol. The van der Waals surface area contributed by atoms with Gasteiger partial charge in [0.05, 0.1) is 22.8 Å². The number of halogens is 3. The molecule has 8 heteroatoms. The van der Waals surface area contributed by atoms with Crippen molar-refractivity contribution < 1.29 is 18.4 Å². The fourth-order valence-electron chi connectivity index (χ4n) is 3.81. The minimum absolute atomic E-state index is 0.00536. The lowest BCUT2D eigenvalue weighted by Gasteiger charge is -2.31. The first-order valence-electron chi connectivity index (χ1n) is 9.89. The molecule has 1 heterocycles. The van der Waals surface area contributed by atoms with Crippen LogP contribution in [0.3, 0.4) is 0 Å². The number of carbonyl (C=O) groups is 2. The summed E-state index contributed by atoms with van der Waals surface area (Å²) >= 11 is 5.82. The van der Waals surface area contributed by atoms with Crippen molar-refractivity contribution in [3.63, 3.8) is 0 Å². The zero-order chi connectivity index (χ0) is 20.8. The van der Waals surface area contributed by atoms with Crippen LogP contribution in [0, 0.1) is 23.5 Å². The van der Waals surface area contributed by atoms with E-state index in [4.69, 9.17) is 11.6 Å². The fraction of sp³-hybridized carbons (Fsp3) is 0.476. The third-order valence-corrected chi connectivity index (χ3v) is 5.98. The van der Waals surface area contributed by atoms with Crippen LogP contribution < -0.4 is 5.32 Å². The molecule has 1 aromatic heterocycles. The largest absolute Gasteiger partial charge is 0.349 e. The third-order valence-electron chi connectivity index (χ3n) is 5.69. The van der Waals surface area contributed by atoms with E-state index in [1.165, 1.54) is 24.5 Å². The summed E-state index contributed by atoms with van der Waals surface area (Å²) in [7, 11) is 0. The van der Waals surface area contributed by atoms with Crippen molar-refractivity contribution in [2.45, 2.75) is 51.0 Å². The van der Waals surface area contributed by atoms with E-state index >= 15 is 0 Å². The molecular formula is C21H24ClF2N3O2. The standard InChI is InChI=1S/C17H20ClF2NO.C4H4N2O/c18-12-8-9-13(19)14(15(12)20)16(10-4-1-2-5-10)21-17(22)11-6-3-7-11;7-3-4-1-5-6-2-4/h8-11,16H,1-7H2,(H,21,22);1-3H,(H,5,6). The second-order valence-corrected chi connectivity index (χ2v) is 7.97. The topological polar surface area (TPSA) is 74.8 Å². The highest BCUT2D eigenvalue weighted by Gasteiger charge is 2.35. The zero-order valence-corrected chi connectivity index (χ0v) is 16.7. The fourth-order valence-corrected chi connectivity index (χ4v) is 3.98. The lowest BCUT2D eigenvalue weighted by atomic mass is 9.83. The first-order chi connectivity index (χ1) is 14.0.